The monoisotopic (exact) mass is 358 g/mol. The smallest absolute Gasteiger partial charge is 0.171 e. The summed E-state index contributed by atoms with van der Waals surface area (Å²) in [6.07, 6.45) is 3.47. The van der Waals surface area contributed by atoms with E-state index in [9.17, 15) is 0 Å². The van der Waals surface area contributed by atoms with Gasteiger partial charge in [-0.05, 0) is 24.3 Å². The minimum Gasteiger partial charge on any atom is -0.264 e. The number of halogens is 1. The molecule has 1 aromatic carbocycles. The number of rotatable bonds is 2. The highest BCUT2D eigenvalue weighted by Crippen LogP contribution is 2.28. The summed E-state index contributed by atoms with van der Waals surface area (Å²) in [7, 11) is 0. The van der Waals surface area contributed by atoms with Crippen LogP contribution in [0.15, 0.2) is 67.0 Å². The van der Waals surface area contributed by atoms with E-state index in [1.165, 1.54) is 0 Å². The minimum atomic E-state index is 0.360. The lowest BCUT2D eigenvalue weighted by atomic mass is 10.1. The molecule has 0 aliphatic heterocycles. The predicted molar refractivity (Wildman–Crippen MR) is 99.8 cm³/mol. The highest BCUT2D eigenvalue weighted by Gasteiger charge is 2.15. The first-order valence-electron chi connectivity index (χ1n) is 7.98. The van der Waals surface area contributed by atoms with Gasteiger partial charge in [0.05, 0.1) is 0 Å². The Kier molecular flexibility index (Phi) is 3.36. The Morgan fingerprint density at radius 1 is 0.808 bits per heavy atom. The molecule has 0 atom stereocenters. The number of pyridine rings is 2. The standard InChI is InChI=1S/C19H11ClN6/c20-17-16(12-5-2-1-3-6-12)23-19-14(22-17)8-9-15-24-25-18(26(15)19)13-7-4-10-21-11-13/h1-11H. The molecule has 0 amide bonds. The van der Waals surface area contributed by atoms with Crippen LogP contribution in [0.5, 0.6) is 0 Å². The molecule has 0 saturated carbocycles. The van der Waals surface area contributed by atoms with Crippen LogP contribution in [0.2, 0.25) is 5.15 Å². The fourth-order valence-corrected chi connectivity index (χ4v) is 3.17. The molecular formula is C19H11ClN6. The van der Waals surface area contributed by atoms with Gasteiger partial charge < -0.3 is 0 Å². The van der Waals surface area contributed by atoms with Gasteiger partial charge in [0.15, 0.2) is 22.3 Å². The van der Waals surface area contributed by atoms with Gasteiger partial charge in [-0.15, -0.1) is 10.2 Å². The van der Waals surface area contributed by atoms with Crippen molar-refractivity contribution in [2.24, 2.45) is 0 Å². The molecule has 0 aliphatic carbocycles. The fourth-order valence-electron chi connectivity index (χ4n) is 2.92. The Hall–Kier alpha value is -3.38. The normalized spacial score (nSPS) is 11.3. The molecule has 5 aromatic rings. The van der Waals surface area contributed by atoms with E-state index in [0.717, 1.165) is 11.1 Å². The van der Waals surface area contributed by atoms with Crippen molar-refractivity contribution < 1.29 is 0 Å². The summed E-state index contributed by atoms with van der Waals surface area (Å²) in [6, 6.07) is 17.2. The summed E-state index contributed by atoms with van der Waals surface area (Å²) < 4.78 is 1.88. The molecule has 4 heterocycles. The molecule has 0 spiro atoms. The summed E-state index contributed by atoms with van der Waals surface area (Å²) in [5.41, 5.74) is 4.39. The summed E-state index contributed by atoms with van der Waals surface area (Å²) >= 11 is 6.40. The third-order valence-corrected chi connectivity index (χ3v) is 4.38. The highest BCUT2D eigenvalue weighted by atomic mass is 35.5. The van der Waals surface area contributed by atoms with Crippen molar-refractivity contribution in [3.8, 4) is 22.6 Å². The largest absolute Gasteiger partial charge is 0.264 e. The number of fused-ring (bicyclic) bond motifs is 3. The molecular weight excluding hydrogens is 348 g/mol. The van der Waals surface area contributed by atoms with Gasteiger partial charge in [-0.3, -0.25) is 9.38 Å². The summed E-state index contributed by atoms with van der Waals surface area (Å²) in [5, 5.41) is 8.93. The summed E-state index contributed by atoms with van der Waals surface area (Å²) in [5.74, 6) is 0.661. The highest BCUT2D eigenvalue weighted by molar-refractivity contribution is 6.32. The zero-order valence-electron chi connectivity index (χ0n) is 13.4. The molecule has 26 heavy (non-hydrogen) atoms. The van der Waals surface area contributed by atoms with Crippen molar-refractivity contribution in [3.63, 3.8) is 0 Å². The average molecular weight is 359 g/mol. The molecule has 0 fully saturated rings. The molecule has 7 heteroatoms. The van der Waals surface area contributed by atoms with Crippen LogP contribution in [-0.4, -0.2) is 29.5 Å². The number of hydrogen-bond acceptors (Lipinski definition) is 5. The Morgan fingerprint density at radius 2 is 1.65 bits per heavy atom. The number of nitrogens with zero attached hydrogens (tertiary/aromatic N) is 6. The first-order chi connectivity index (χ1) is 12.8. The molecule has 0 N–H and O–H groups in total. The predicted octanol–water partition coefficient (Wildman–Crippen LogP) is 4.05. The first-order valence-corrected chi connectivity index (χ1v) is 8.36. The Balaban J connectivity index is 1.86. The van der Waals surface area contributed by atoms with Gasteiger partial charge in [0.1, 0.15) is 11.2 Å². The number of benzene rings is 1. The molecule has 0 unspecified atom stereocenters. The van der Waals surface area contributed by atoms with Crippen LogP contribution in [0.25, 0.3) is 39.5 Å². The molecule has 0 saturated heterocycles. The quantitative estimate of drug-likeness (QED) is 0.476. The average Bonchev–Trinajstić information content (AvgIpc) is 3.13. The molecule has 0 aliphatic rings. The van der Waals surface area contributed by atoms with Gasteiger partial charge in [0.2, 0.25) is 0 Å². The van der Waals surface area contributed by atoms with Crippen LogP contribution in [0, 0.1) is 0 Å². The van der Waals surface area contributed by atoms with Crippen molar-refractivity contribution in [2.75, 3.05) is 0 Å². The van der Waals surface area contributed by atoms with E-state index in [1.54, 1.807) is 12.4 Å². The van der Waals surface area contributed by atoms with E-state index in [4.69, 9.17) is 16.6 Å². The third kappa shape index (κ3) is 2.31. The maximum Gasteiger partial charge on any atom is 0.171 e. The molecule has 4 aromatic heterocycles. The van der Waals surface area contributed by atoms with E-state index >= 15 is 0 Å². The van der Waals surface area contributed by atoms with Crippen molar-refractivity contribution in [1.29, 1.82) is 0 Å². The lowest BCUT2D eigenvalue weighted by Crippen LogP contribution is -1.99. The second-order valence-corrected chi connectivity index (χ2v) is 6.09. The molecule has 5 rings (SSSR count). The summed E-state index contributed by atoms with van der Waals surface area (Å²) in [6.45, 7) is 0. The van der Waals surface area contributed by atoms with Gasteiger partial charge in [0, 0.05) is 23.5 Å². The van der Waals surface area contributed by atoms with Crippen molar-refractivity contribution in [2.45, 2.75) is 0 Å². The van der Waals surface area contributed by atoms with E-state index in [0.29, 0.717) is 33.5 Å². The Labute approximate surface area is 153 Å². The van der Waals surface area contributed by atoms with E-state index in [1.807, 2.05) is 59.0 Å². The van der Waals surface area contributed by atoms with Gasteiger partial charge in [-0.2, -0.15) is 0 Å². The summed E-state index contributed by atoms with van der Waals surface area (Å²) in [4.78, 5) is 13.5. The third-order valence-electron chi connectivity index (χ3n) is 4.12. The van der Waals surface area contributed by atoms with Crippen LogP contribution >= 0.6 is 11.6 Å². The maximum atomic E-state index is 6.40. The SMILES string of the molecule is Clc1nc2ccc3nnc(-c4cccnc4)n3c2nc1-c1ccccc1. The van der Waals surface area contributed by atoms with E-state index in [-0.39, 0.29) is 0 Å². The second kappa shape index (κ2) is 5.86. The van der Waals surface area contributed by atoms with Crippen LogP contribution in [0.3, 0.4) is 0 Å². The lowest BCUT2D eigenvalue weighted by molar-refractivity contribution is 1.11. The van der Waals surface area contributed by atoms with Crippen molar-refractivity contribution >= 4 is 28.4 Å². The Morgan fingerprint density at radius 3 is 2.46 bits per heavy atom. The lowest BCUT2D eigenvalue weighted by Gasteiger charge is -2.08. The molecule has 6 nitrogen and oxygen atoms in total. The number of hydrogen-bond donors (Lipinski definition) is 0. The zero-order chi connectivity index (χ0) is 17.5. The van der Waals surface area contributed by atoms with Crippen LogP contribution in [-0.2, 0) is 0 Å². The van der Waals surface area contributed by atoms with E-state index < -0.39 is 0 Å². The number of aromatic nitrogens is 6. The van der Waals surface area contributed by atoms with Gasteiger partial charge >= 0.3 is 0 Å². The van der Waals surface area contributed by atoms with Crippen molar-refractivity contribution in [1.82, 2.24) is 29.5 Å². The Bertz CT molecular complexity index is 1230. The van der Waals surface area contributed by atoms with Crippen molar-refractivity contribution in [3.05, 3.63) is 72.1 Å². The topological polar surface area (TPSA) is 68.9 Å². The molecule has 0 radical (unpaired) electrons. The zero-order valence-corrected chi connectivity index (χ0v) is 14.2. The maximum absolute atomic E-state index is 6.40. The minimum absolute atomic E-state index is 0.360. The fraction of sp³-hybridized carbons (Fsp3) is 0. The van der Waals surface area contributed by atoms with Gasteiger partial charge in [-0.25, -0.2) is 9.97 Å². The molecule has 0 bridgehead atoms. The van der Waals surface area contributed by atoms with Crippen LogP contribution < -0.4 is 0 Å². The second-order valence-electron chi connectivity index (χ2n) is 5.73. The first kappa shape index (κ1) is 14.9. The van der Waals surface area contributed by atoms with Crippen LogP contribution in [0.1, 0.15) is 0 Å². The van der Waals surface area contributed by atoms with Gasteiger partial charge in [-0.1, -0.05) is 41.9 Å². The van der Waals surface area contributed by atoms with Crippen LogP contribution in [0.4, 0.5) is 0 Å². The van der Waals surface area contributed by atoms with E-state index in [2.05, 4.69) is 20.2 Å². The molecule has 124 valence electrons. The van der Waals surface area contributed by atoms with Gasteiger partial charge in [0.25, 0.3) is 0 Å².